The maximum atomic E-state index is 4.34. The summed E-state index contributed by atoms with van der Waals surface area (Å²) in [6.45, 7) is 2.96. The van der Waals surface area contributed by atoms with Crippen LogP contribution in [0.1, 0.15) is 11.1 Å². The van der Waals surface area contributed by atoms with E-state index in [1.54, 1.807) is 0 Å². The fourth-order valence-corrected chi connectivity index (χ4v) is 1.86. The van der Waals surface area contributed by atoms with Crippen molar-refractivity contribution in [1.82, 2.24) is 9.78 Å². The van der Waals surface area contributed by atoms with Gasteiger partial charge in [-0.2, -0.15) is 5.10 Å². The van der Waals surface area contributed by atoms with E-state index in [-0.39, 0.29) is 0 Å². The fraction of sp³-hybridized carbons (Fsp3) is 0.182. The van der Waals surface area contributed by atoms with E-state index in [0.717, 1.165) is 10.2 Å². The molecule has 0 saturated heterocycles. The molecule has 0 saturated carbocycles. The van der Waals surface area contributed by atoms with Crippen LogP contribution in [0.2, 0.25) is 0 Å². The molecule has 0 fully saturated rings. The second-order valence-corrected chi connectivity index (χ2v) is 4.43. The summed E-state index contributed by atoms with van der Waals surface area (Å²) in [7, 11) is 0. The SMILES string of the molecule is Cc1cccc(Cn2ccc(I)n2)c1. The lowest BCUT2D eigenvalue weighted by Crippen LogP contribution is -2.00. The quantitative estimate of drug-likeness (QED) is 0.780. The Balaban J connectivity index is 2.18. The number of aryl methyl sites for hydroxylation is 1. The van der Waals surface area contributed by atoms with Crippen molar-refractivity contribution in [3.63, 3.8) is 0 Å². The molecule has 0 aliphatic rings. The van der Waals surface area contributed by atoms with E-state index < -0.39 is 0 Å². The van der Waals surface area contributed by atoms with Crippen molar-refractivity contribution >= 4 is 22.6 Å². The molecule has 3 heteroatoms. The molecule has 2 aromatic rings. The number of hydrogen-bond acceptors (Lipinski definition) is 1. The van der Waals surface area contributed by atoms with Gasteiger partial charge < -0.3 is 0 Å². The second-order valence-electron chi connectivity index (χ2n) is 3.33. The minimum absolute atomic E-state index is 0.852. The van der Waals surface area contributed by atoms with Gasteiger partial charge >= 0.3 is 0 Å². The van der Waals surface area contributed by atoms with Crippen molar-refractivity contribution in [3.8, 4) is 0 Å². The highest BCUT2D eigenvalue weighted by molar-refractivity contribution is 14.1. The van der Waals surface area contributed by atoms with Crippen LogP contribution >= 0.6 is 22.6 Å². The van der Waals surface area contributed by atoms with Crippen LogP contribution in [0.15, 0.2) is 36.5 Å². The molecule has 0 amide bonds. The van der Waals surface area contributed by atoms with Gasteiger partial charge in [-0.05, 0) is 41.1 Å². The predicted molar refractivity (Wildman–Crippen MR) is 65.2 cm³/mol. The van der Waals surface area contributed by atoms with Gasteiger partial charge in [-0.1, -0.05) is 29.8 Å². The molecular weight excluding hydrogens is 287 g/mol. The zero-order chi connectivity index (χ0) is 9.97. The summed E-state index contributed by atoms with van der Waals surface area (Å²) in [6.07, 6.45) is 2.00. The van der Waals surface area contributed by atoms with E-state index in [2.05, 4.69) is 58.9 Å². The summed E-state index contributed by atoms with van der Waals surface area (Å²) in [4.78, 5) is 0. The van der Waals surface area contributed by atoms with Crippen LogP contribution in [0, 0.1) is 10.6 Å². The predicted octanol–water partition coefficient (Wildman–Crippen LogP) is 2.84. The highest BCUT2D eigenvalue weighted by atomic mass is 127. The lowest BCUT2D eigenvalue weighted by Gasteiger charge is -2.02. The minimum atomic E-state index is 0.852. The van der Waals surface area contributed by atoms with Crippen molar-refractivity contribution in [2.45, 2.75) is 13.5 Å². The average Bonchev–Trinajstić information content (AvgIpc) is 2.51. The van der Waals surface area contributed by atoms with Crippen LogP contribution in [0.4, 0.5) is 0 Å². The van der Waals surface area contributed by atoms with E-state index in [1.807, 2.05) is 16.9 Å². The maximum absolute atomic E-state index is 4.34. The van der Waals surface area contributed by atoms with Crippen LogP contribution in [0.25, 0.3) is 0 Å². The molecule has 0 radical (unpaired) electrons. The lowest BCUT2D eigenvalue weighted by atomic mass is 10.1. The van der Waals surface area contributed by atoms with Crippen molar-refractivity contribution < 1.29 is 0 Å². The zero-order valence-electron chi connectivity index (χ0n) is 7.94. The van der Waals surface area contributed by atoms with Crippen LogP contribution < -0.4 is 0 Å². The van der Waals surface area contributed by atoms with Gasteiger partial charge in [-0.25, -0.2) is 0 Å². The van der Waals surface area contributed by atoms with Gasteiger partial charge in [-0.3, -0.25) is 4.68 Å². The molecule has 0 N–H and O–H groups in total. The zero-order valence-corrected chi connectivity index (χ0v) is 10.1. The number of hydrogen-bond donors (Lipinski definition) is 0. The van der Waals surface area contributed by atoms with E-state index in [9.17, 15) is 0 Å². The van der Waals surface area contributed by atoms with Gasteiger partial charge in [0.25, 0.3) is 0 Å². The monoisotopic (exact) mass is 298 g/mol. The number of benzene rings is 1. The fourth-order valence-electron chi connectivity index (χ4n) is 1.42. The Morgan fingerprint density at radius 3 is 2.86 bits per heavy atom. The Hall–Kier alpha value is -0.840. The number of halogens is 1. The van der Waals surface area contributed by atoms with Crippen LogP contribution in [-0.2, 0) is 6.54 Å². The molecule has 1 aromatic heterocycles. The molecule has 0 aliphatic heterocycles. The van der Waals surface area contributed by atoms with Gasteiger partial charge in [0.1, 0.15) is 3.70 Å². The summed E-state index contributed by atoms with van der Waals surface area (Å²) >= 11 is 2.22. The van der Waals surface area contributed by atoms with Gasteiger partial charge in [-0.15, -0.1) is 0 Å². The van der Waals surface area contributed by atoms with Gasteiger partial charge in [0, 0.05) is 6.20 Å². The van der Waals surface area contributed by atoms with Crippen LogP contribution in [0.3, 0.4) is 0 Å². The molecule has 0 atom stereocenters. The Morgan fingerprint density at radius 2 is 2.21 bits per heavy atom. The topological polar surface area (TPSA) is 17.8 Å². The summed E-state index contributed by atoms with van der Waals surface area (Å²) in [5.74, 6) is 0. The molecule has 0 unspecified atom stereocenters. The molecule has 2 nitrogen and oxygen atoms in total. The minimum Gasteiger partial charge on any atom is -0.267 e. The molecule has 72 valence electrons. The Labute approximate surface area is 97.1 Å². The first-order valence-corrected chi connectivity index (χ1v) is 5.56. The summed E-state index contributed by atoms with van der Waals surface area (Å²) < 4.78 is 2.99. The third-order valence-electron chi connectivity index (χ3n) is 2.04. The highest BCUT2D eigenvalue weighted by Gasteiger charge is 1.97. The van der Waals surface area contributed by atoms with E-state index >= 15 is 0 Å². The van der Waals surface area contributed by atoms with Crippen LogP contribution in [-0.4, -0.2) is 9.78 Å². The largest absolute Gasteiger partial charge is 0.267 e. The standard InChI is InChI=1S/C11H11IN2/c1-9-3-2-4-10(7-9)8-14-6-5-11(12)13-14/h2-7H,8H2,1H3. The Kier molecular flexibility index (Phi) is 2.86. The average molecular weight is 298 g/mol. The van der Waals surface area contributed by atoms with Gasteiger partial charge in [0.2, 0.25) is 0 Å². The van der Waals surface area contributed by atoms with Crippen LogP contribution in [0.5, 0.6) is 0 Å². The smallest absolute Gasteiger partial charge is 0.123 e. The van der Waals surface area contributed by atoms with Crippen molar-refractivity contribution in [2.75, 3.05) is 0 Å². The lowest BCUT2D eigenvalue weighted by molar-refractivity contribution is 0.681. The maximum Gasteiger partial charge on any atom is 0.123 e. The Bertz CT molecular complexity index is 434. The molecule has 14 heavy (non-hydrogen) atoms. The summed E-state index contributed by atoms with van der Waals surface area (Å²) in [5.41, 5.74) is 2.59. The number of rotatable bonds is 2. The van der Waals surface area contributed by atoms with E-state index in [4.69, 9.17) is 0 Å². The van der Waals surface area contributed by atoms with E-state index in [1.165, 1.54) is 11.1 Å². The number of nitrogens with zero attached hydrogens (tertiary/aromatic N) is 2. The highest BCUT2D eigenvalue weighted by Crippen LogP contribution is 2.07. The molecular formula is C11H11IN2. The summed E-state index contributed by atoms with van der Waals surface area (Å²) in [5, 5.41) is 4.34. The molecule has 1 aromatic carbocycles. The molecule has 1 heterocycles. The van der Waals surface area contributed by atoms with Gasteiger partial charge in [0.05, 0.1) is 6.54 Å². The molecule has 0 bridgehead atoms. The molecule has 0 spiro atoms. The van der Waals surface area contributed by atoms with Crippen molar-refractivity contribution in [1.29, 1.82) is 0 Å². The summed E-state index contributed by atoms with van der Waals surface area (Å²) in [6, 6.07) is 10.5. The first-order valence-electron chi connectivity index (χ1n) is 4.48. The van der Waals surface area contributed by atoms with Crippen molar-refractivity contribution in [3.05, 3.63) is 51.4 Å². The normalized spacial score (nSPS) is 10.4. The second kappa shape index (κ2) is 4.13. The number of aromatic nitrogens is 2. The van der Waals surface area contributed by atoms with Gasteiger partial charge in [0.15, 0.2) is 0 Å². The molecule has 0 aliphatic carbocycles. The third kappa shape index (κ3) is 2.35. The first kappa shape index (κ1) is 9.71. The van der Waals surface area contributed by atoms with E-state index in [0.29, 0.717) is 0 Å². The van der Waals surface area contributed by atoms with Crippen molar-refractivity contribution in [2.24, 2.45) is 0 Å². The first-order chi connectivity index (χ1) is 6.74. The Morgan fingerprint density at radius 1 is 1.36 bits per heavy atom. The molecule has 2 rings (SSSR count). The third-order valence-corrected chi connectivity index (χ3v) is 2.61.